The van der Waals surface area contributed by atoms with E-state index < -0.39 is 0 Å². The van der Waals surface area contributed by atoms with E-state index in [-0.39, 0.29) is 0 Å². The summed E-state index contributed by atoms with van der Waals surface area (Å²) >= 11 is 3.50. The SMILES string of the molecule is Brc1ccc(-c2c3c(nc4ccccc24)CC3)cc1. The maximum atomic E-state index is 4.76. The second-order valence-electron chi connectivity index (χ2n) is 4.94. The summed E-state index contributed by atoms with van der Waals surface area (Å²) in [6, 6.07) is 17.0. The highest BCUT2D eigenvalue weighted by Crippen LogP contribution is 2.38. The van der Waals surface area contributed by atoms with Gasteiger partial charge in [0, 0.05) is 15.6 Å². The van der Waals surface area contributed by atoms with Crippen LogP contribution in [0.3, 0.4) is 0 Å². The minimum absolute atomic E-state index is 1.11. The normalized spacial score (nSPS) is 13.1. The molecule has 0 fully saturated rings. The van der Waals surface area contributed by atoms with Crippen molar-refractivity contribution in [2.24, 2.45) is 0 Å². The van der Waals surface area contributed by atoms with Gasteiger partial charge < -0.3 is 0 Å². The summed E-state index contributed by atoms with van der Waals surface area (Å²) in [4.78, 5) is 4.76. The molecule has 2 heteroatoms. The number of nitrogens with zero attached hydrogens (tertiary/aromatic N) is 1. The third-order valence-corrected chi connectivity index (χ3v) is 4.35. The van der Waals surface area contributed by atoms with E-state index in [4.69, 9.17) is 4.98 Å². The summed E-state index contributed by atoms with van der Waals surface area (Å²) in [5, 5.41) is 1.27. The quantitative estimate of drug-likeness (QED) is 0.631. The van der Waals surface area contributed by atoms with E-state index in [1.807, 2.05) is 0 Å². The maximum absolute atomic E-state index is 4.76. The lowest BCUT2D eigenvalue weighted by Crippen LogP contribution is -2.13. The van der Waals surface area contributed by atoms with Crippen LogP contribution in [0.4, 0.5) is 0 Å². The summed E-state index contributed by atoms with van der Waals surface area (Å²) in [5.41, 5.74) is 6.48. The van der Waals surface area contributed by atoms with Gasteiger partial charge in [-0.1, -0.05) is 46.3 Å². The van der Waals surface area contributed by atoms with Gasteiger partial charge in [0.2, 0.25) is 0 Å². The molecule has 92 valence electrons. The molecular weight excluding hydrogens is 298 g/mol. The molecule has 0 saturated heterocycles. The van der Waals surface area contributed by atoms with Crippen LogP contribution in [0, 0.1) is 0 Å². The Morgan fingerprint density at radius 2 is 1.68 bits per heavy atom. The maximum Gasteiger partial charge on any atom is 0.0711 e. The van der Waals surface area contributed by atoms with Gasteiger partial charge in [-0.25, -0.2) is 0 Å². The van der Waals surface area contributed by atoms with Crippen LogP contribution in [-0.2, 0) is 12.8 Å². The molecular formula is C17H12BrN. The van der Waals surface area contributed by atoms with Gasteiger partial charge in [-0.2, -0.15) is 0 Å². The lowest BCUT2D eigenvalue weighted by molar-refractivity contribution is 0.802. The Morgan fingerprint density at radius 1 is 0.895 bits per heavy atom. The van der Waals surface area contributed by atoms with Crippen LogP contribution in [0.2, 0.25) is 0 Å². The molecule has 0 aliphatic heterocycles. The number of pyridine rings is 1. The fourth-order valence-electron chi connectivity index (χ4n) is 2.79. The van der Waals surface area contributed by atoms with Gasteiger partial charge in [-0.15, -0.1) is 0 Å². The first-order valence-electron chi connectivity index (χ1n) is 6.49. The summed E-state index contributed by atoms with van der Waals surface area (Å²) in [6.07, 6.45) is 2.27. The van der Waals surface area contributed by atoms with E-state index >= 15 is 0 Å². The van der Waals surface area contributed by atoms with Crippen molar-refractivity contribution in [3.05, 3.63) is 64.3 Å². The molecule has 1 aliphatic carbocycles. The molecule has 4 rings (SSSR count). The van der Waals surface area contributed by atoms with Crippen LogP contribution < -0.4 is 0 Å². The van der Waals surface area contributed by atoms with E-state index in [1.54, 1.807) is 0 Å². The third kappa shape index (κ3) is 1.71. The summed E-state index contributed by atoms with van der Waals surface area (Å²) in [6.45, 7) is 0. The predicted molar refractivity (Wildman–Crippen MR) is 82.3 cm³/mol. The smallest absolute Gasteiger partial charge is 0.0711 e. The van der Waals surface area contributed by atoms with Crippen LogP contribution >= 0.6 is 15.9 Å². The molecule has 0 N–H and O–H groups in total. The summed E-state index contributed by atoms with van der Waals surface area (Å²) in [7, 11) is 0. The average Bonchev–Trinajstić information content (AvgIpc) is 2.42. The van der Waals surface area contributed by atoms with E-state index in [9.17, 15) is 0 Å². The highest BCUT2D eigenvalue weighted by atomic mass is 79.9. The highest BCUT2D eigenvalue weighted by Gasteiger charge is 2.22. The number of rotatable bonds is 1. The van der Waals surface area contributed by atoms with Gasteiger partial charge in [0.1, 0.15) is 0 Å². The van der Waals surface area contributed by atoms with Crippen LogP contribution in [0.1, 0.15) is 11.3 Å². The Morgan fingerprint density at radius 3 is 2.42 bits per heavy atom. The molecule has 0 bridgehead atoms. The van der Waals surface area contributed by atoms with Gasteiger partial charge in [0.25, 0.3) is 0 Å². The number of hydrogen-bond donors (Lipinski definition) is 0. The molecule has 0 radical (unpaired) electrons. The minimum Gasteiger partial charge on any atom is -0.252 e. The molecule has 1 aliphatic rings. The standard InChI is InChI=1S/C17H12BrN/c18-12-7-5-11(6-8-12)17-13-3-1-2-4-15(13)19-16-10-9-14(16)17/h1-8H,9-10H2. The molecule has 0 spiro atoms. The van der Waals surface area contributed by atoms with Crippen molar-refractivity contribution in [1.29, 1.82) is 0 Å². The Bertz CT molecular complexity index is 775. The molecule has 0 saturated carbocycles. The zero-order chi connectivity index (χ0) is 12.8. The Balaban J connectivity index is 2.07. The van der Waals surface area contributed by atoms with E-state index in [0.29, 0.717) is 0 Å². The van der Waals surface area contributed by atoms with Crippen molar-refractivity contribution in [1.82, 2.24) is 4.98 Å². The number of benzene rings is 2. The first-order valence-corrected chi connectivity index (χ1v) is 7.29. The van der Waals surface area contributed by atoms with Gasteiger partial charge >= 0.3 is 0 Å². The molecule has 0 unspecified atom stereocenters. The lowest BCUT2D eigenvalue weighted by Gasteiger charge is -2.23. The monoisotopic (exact) mass is 309 g/mol. The van der Waals surface area contributed by atoms with Gasteiger partial charge in [0.15, 0.2) is 0 Å². The molecule has 2 aromatic carbocycles. The minimum atomic E-state index is 1.11. The molecule has 1 heterocycles. The lowest BCUT2D eigenvalue weighted by atomic mass is 9.84. The summed E-state index contributed by atoms with van der Waals surface area (Å²) in [5.74, 6) is 0. The van der Waals surface area contributed by atoms with Crippen molar-refractivity contribution in [2.45, 2.75) is 12.8 Å². The van der Waals surface area contributed by atoms with Gasteiger partial charge in [-0.3, -0.25) is 4.98 Å². The Kier molecular flexibility index (Phi) is 2.46. The van der Waals surface area contributed by atoms with Gasteiger partial charge in [-0.05, 0) is 47.7 Å². The number of aromatic nitrogens is 1. The van der Waals surface area contributed by atoms with Crippen molar-refractivity contribution >= 4 is 26.8 Å². The predicted octanol–water partition coefficient (Wildman–Crippen LogP) is 4.76. The van der Waals surface area contributed by atoms with Crippen molar-refractivity contribution in [3.63, 3.8) is 0 Å². The van der Waals surface area contributed by atoms with Crippen LogP contribution in [0.15, 0.2) is 53.0 Å². The third-order valence-electron chi connectivity index (χ3n) is 3.82. The second kappa shape index (κ2) is 4.17. The zero-order valence-corrected chi connectivity index (χ0v) is 11.9. The molecule has 19 heavy (non-hydrogen) atoms. The van der Waals surface area contributed by atoms with Crippen molar-refractivity contribution in [2.75, 3.05) is 0 Å². The van der Waals surface area contributed by atoms with Crippen molar-refractivity contribution in [3.8, 4) is 11.1 Å². The van der Waals surface area contributed by atoms with Crippen LogP contribution in [0.5, 0.6) is 0 Å². The zero-order valence-electron chi connectivity index (χ0n) is 10.4. The molecule has 1 aromatic heterocycles. The number of halogens is 1. The largest absolute Gasteiger partial charge is 0.252 e. The fraction of sp³-hybridized carbons (Fsp3) is 0.118. The number of fused-ring (bicyclic) bond motifs is 2. The number of aryl methyl sites for hydroxylation is 1. The molecule has 1 nitrogen and oxygen atoms in total. The number of para-hydroxylation sites is 1. The first kappa shape index (κ1) is 11.2. The highest BCUT2D eigenvalue weighted by molar-refractivity contribution is 9.10. The summed E-state index contributed by atoms with van der Waals surface area (Å²) < 4.78 is 1.12. The topological polar surface area (TPSA) is 12.9 Å². The van der Waals surface area contributed by atoms with E-state index in [1.165, 1.54) is 27.8 Å². The van der Waals surface area contributed by atoms with Crippen molar-refractivity contribution < 1.29 is 0 Å². The molecule has 0 amide bonds. The van der Waals surface area contributed by atoms with Crippen LogP contribution in [0.25, 0.3) is 22.0 Å². The second-order valence-corrected chi connectivity index (χ2v) is 5.85. The molecule has 0 atom stereocenters. The average molecular weight is 310 g/mol. The number of hydrogen-bond acceptors (Lipinski definition) is 1. The van der Waals surface area contributed by atoms with E-state index in [2.05, 4.69) is 64.5 Å². The Labute approximate surface area is 120 Å². The van der Waals surface area contributed by atoms with Gasteiger partial charge in [0.05, 0.1) is 5.52 Å². The Hall–Kier alpha value is -1.67. The first-order chi connectivity index (χ1) is 9.33. The fourth-order valence-corrected chi connectivity index (χ4v) is 3.06. The molecule has 3 aromatic rings. The van der Waals surface area contributed by atoms with Crippen LogP contribution in [-0.4, -0.2) is 4.98 Å². The van der Waals surface area contributed by atoms with E-state index in [0.717, 1.165) is 22.8 Å².